The average Bonchev–Trinajstić information content (AvgIpc) is 2.11. The van der Waals surface area contributed by atoms with Gasteiger partial charge < -0.3 is 5.73 Å². The van der Waals surface area contributed by atoms with Crippen LogP contribution < -0.4 is 10.5 Å². The first kappa shape index (κ1) is 12.0. The molecular formula is C10H16N2O2S. The third-order valence-electron chi connectivity index (χ3n) is 2.17. The Bertz CT molecular complexity index is 467. The van der Waals surface area contributed by atoms with E-state index in [0.717, 1.165) is 5.56 Å². The van der Waals surface area contributed by atoms with Crippen LogP contribution >= 0.6 is 0 Å². The van der Waals surface area contributed by atoms with E-state index >= 15 is 0 Å². The Labute approximate surface area is 90.5 Å². The summed E-state index contributed by atoms with van der Waals surface area (Å²) < 4.78 is 26.0. The number of benzene rings is 1. The van der Waals surface area contributed by atoms with Crippen LogP contribution in [0.25, 0.3) is 0 Å². The number of sulfonamides is 1. The predicted octanol–water partition coefficient (Wildman–Crippen LogP) is 1.18. The third-order valence-corrected chi connectivity index (χ3v) is 3.84. The van der Waals surface area contributed by atoms with E-state index in [0.29, 0.717) is 17.8 Å². The number of aryl methyl sites for hydroxylation is 1. The van der Waals surface area contributed by atoms with Gasteiger partial charge in [-0.2, -0.15) is 0 Å². The minimum atomic E-state index is -3.42. The molecule has 0 radical (unpaired) electrons. The predicted molar refractivity (Wildman–Crippen MR) is 61.2 cm³/mol. The Morgan fingerprint density at radius 2 is 1.93 bits per heavy atom. The van der Waals surface area contributed by atoms with Crippen LogP contribution in [0.4, 0.5) is 5.69 Å². The summed E-state index contributed by atoms with van der Waals surface area (Å²) >= 11 is 0. The Balaban J connectivity index is 3.38. The molecule has 0 unspecified atom stereocenters. The van der Waals surface area contributed by atoms with Crippen LogP contribution in [0.3, 0.4) is 0 Å². The van der Waals surface area contributed by atoms with Gasteiger partial charge in [-0.15, -0.1) is 0 Å². The highest BCUT2D eigenvalue weighted by Crippen LogP contribution is 2.22. The van der Waals surface area contributed by atoms with Crippen molar-refractivity contribution >= 4 is 15.7 Å². The van der Waals surface area contributed by atoms with Crippen molar-refractivity contribution in [2.45, 2.75) is 25.7 Å². The number of nitrogens with one attached hydrogen (secondary N) is 1. The van der Waals surface area contributed by atoms with Gasteiger partial charge in [0.05, 0.1) is 4.90 Å². The molecule has 1 aromatic carbocycles. The van der Waals surface area contributed by atoms with Gasteiger partial charge >= 0.3 is 0 Å². The maximum Gasteiger partial charge on any atom is 0.240 e. The number of anilines is 1. The zero-order valence-corrected chi connectivity index (χ0v) is 9.98. The molecule has 0 fully saturated rings. The van der Waals surface area contributed by atoms with Crippen molar-refractivity contribution in [1.82, 2.24) is 4.72 Å². The number of rotatable bonds is 3. The third kappa shape index (κ3) is 2.49. The standard InChI is InChI=1S/C10H16N2O2S/c1-4-12-15(13,14)10-6-7(2)5-9(11)8(10)3/h5-6,12H,4,11H2,1-3H3. The molecule has 0 amide bonds. The van der Waals surface area contributed by atoms with E-state index in [2.05, 4.69) is 4.72 Å². The first-order valence-electron chi connectivity index (χ1n) is 4.75. The topological polar surface area (TPSA) is 72.2 Å². The van der Waals surface area contributed by atoms with Gasteiger partial charge in [-0.25, -0.2) is 13.1 Å². The molecule has 0 heterocycles. The smallest absolute Gasteiger partial charge is 0.240 e. The van der Waals surface area contributed by atoms with Crippen LogP contribution in [0, 0.1) is 13.8 Å². The van der Waals surface area contributed by atoms with Crippen LogP contribution in [-0.4, -0.2) is 15.0 Å². The fourth-order valence-electron chi connectivity index (χ4n) is 1.40. The lowest BCUT2D eigenvalue weighted by Crippen LogP contribution is -2.24. The van der Waals surface area contributed by atoms with Crippen LogP contribution in [0.5, 0.6) is 0 Å². The Hall–Kier alpha value is -1.07. The van der Waals surface area contributed by atoms with E-state index in [9.17, 15) is 8.42 Å². The zero-order chi connectivity index (χ0) is 11.6. The summed E-state index contributed by atoms with van der Waals surface area (Å²) in [5.41, 5.74) is 7.67. The lowest BCUT2D eigenvalue weighted by atomic mass is 10.1. The monoisotopic (exact) mass is 228 g/mol. The number of nitrogen functional groups attached to an aromatic ring is 1. The molecule has 0 aliphatic heterocycles. The van der Waals surface area contributed by atoms with Gasteiger partial charge in [0.1, 0.15) is 0 Å². The van der Waals surface area contributed by atoms with Gasteiger partial charge in [-0.05, 0) is 37.1 Å². The quantitative estimate of drug-likeness (QED) is 0.763. The summed E-state index contributed by atoms with van der Waals surface area (Å²) in [6.07, 6.45) is 0. The highest BCUT2D eigenvalue weighted by Gasteiger charge is 2.17. The first-order valence-corrected chi connectivity index (χ1v) is 6.23. The Morgan fingerprint density at radius 1 is 1.33 bits per heavy atom. The molecule has 5 heteroatoms. The second-order valence-corrected chi connectivity index (χ2v) is 5.21. The molecule has 15 heavy (non-hydrogen) atoms. The van der Waals surface area contributed by atoms with E-state index in [1.807, 2.05) is 6.92 Å². The molecule has 0 atom stereocenters. The molecule has 0 spiro atoms. The van der Waals surface area contributed by atoms with Crippen LogP contribution in [0.15, 0.2) is 17.0 Å². The number of nitrogens with two attached hydrogens (primary N) is 1. The van der Waals surface area contributed by atoms with Gasteiger partial charge in [0.15, 0.2) is 0 Å². The van der Waals surface area contributed by atoms with Crippen LogP contribution in [0.2, 0.25) is 0 Å². The van der Waals surface area contributed by atoms with Crippen molar-refractivity contribution in [3.8, 4) is 0 Å². The molecule has 0 bridgehead atoms. The Morgan fingerprint density at radius 3 is 2.47 bits per heavy atom. The molecule has 1 aromatic rings. The van der Waals surface area contributed by atoms with Gasteiger partial charge in [0.25, 0.3) is 0 Å². The summed E-state index contributed by atoms with van der Waals surface area (Å²) in [6, 6.07) is 3.39. The van der Waals surface area contributed by atoms with Crippen molar-refractivity contribution in [3.63, 3.8) is 0 Å². The van der Waals surface area contributed by atoms with Gasteiger partial charge in [0.2, 0.25) is 10.0 Å². The summed E-state index contributed by atoms with van der Waals surface area (Å²) in [4.78, 5) is 0.266. The highest BCUT2D eigenvalue weighted by atomic mass is 32.2. The zero-order valence-electron chi connectivity index (χ0n) is 9.16. The maximum atomic E-state index is 11.8. The lowest BCUT2D eigenvalue weighted by Gasteiger charge is -2.11. The number of hydrogen-bond acceptors (Lipinski definition) is 3. The van der Waals surface area contributed by atoms with Crippen LogP contribution in [-0.2, 0) is 10.0 Å². The van der Waals surface area contributed by atoms with Crippen molar-refractivity contribution in [2.24, 2.45) is 0 Å². The second kappa shape index (κ2) is 4.20. The molecule has 3 N–H and O–H groups in total. The summed E-state index contributed by atoms with van der Waals surface area (Å²) in [6.45, 7) is 5.64. The van der Waals surface area contributed by atoms with E-state index in [-0.39, 0.29) is 4.90 Å². The van der Waals surface area contributed by atoms with E-state index in [1.54, 1.807) is 26.0 Å². The second-order valence-electron chi connectivity index (χ2n) is 3.48. The van der Waals surface area contributed by atoms with Crippen molar-refractivity contribution in [1.29, 1.82) is 0 Å². The minimum absolute atomic E-state index is 0.266. The molecule has 0 saturated heterocycles. The molecule has 0 aliphatic rings. The minimum Gasteiger partial charge on any atom is -0.398 e. The molecular weight excluding hydrogens is 212 g/mol. The molecule has 0 aromatic heterocycles. The molecule has 0 saturated carbocycles. The van der Waals surface area contributed by atoms with Crippen molar-refractivity contribution < 1.29 is 8.42 Å². The highest BCUT2D eigenvalue weighted by molar-refractivity contribution is 7.89. The normalized spacial score (nSPS) is 11.7. The van der Waals surface area contributed by atoms with E-state index < -0.39 is 10.0 Å². The molecule has 0 aliphatic carbocycles. The Kier molecular flexibility index (Phi) is 3.36. The van der Waals surface area contributed by atoms with Gasteiger partial charge in [-0.1, -0.05) is 6.92 Å². The molecule has 1 rings (SSSR count). The van der Waals surface area contributed by atoms with Gasteiger partial charge in [-0.3, -0.25) is 0 Å². The summed E-state index contributed by atoms with van der Waals surface area (Å²) in [5, 5.41) is 0. The lowest BCUT2D eigenvalue weighted by molar-refractivity contribution is 0.583. The average molecular weight is 228 g/mol. The fraction of sp³-hybridized carbons (Fsp3) is 0.400. The summed E-state index contributed by atoms with van der Waals surface area (Å²) in [5.74, 6) is 0. The van der Waals surface area contributed by atoms with Crippen molar-refractivity contribution in [2.75, 3.05) is 12.3 Å². The SMILES string of the molecule is CCNS(=O)(=O)c1cc(C)cc(N)c1C. The summed E-state index contributed by atoms with van der Waals surface area (Å²) in [7, 11) is -3.42. The molecule has 4 nitrogen and oxygen atoms in total. The van der Waals surface area contributed by atoms with Gasteiger partial charge in [0, 0.05) is 12.2 Å². The van der Waals surface area contributed by atoms with Crippen LogP contribution in [0.1, 0.15) is 18.1 Å². The fourth-order valence-corrected chi connectivity index (χ4v) is 2.80. The first-order chi connectivity index (χ1) is 6.88. The maximum absolute atomic E-state index is 11.8. The van der Waals surface area contributed by atoms with E-state index in [1.165, 1.54) is 0 Å². The van der Waals surface area contributed by atoms with Crippen molar-refractivity contribution in [3.05, 3.63) is 23.3 Å². The largest absolute Gasteiger partial charge is 0.398 e. The van der Waals surface area contributed by atoms with E-state index in [4.69, 9.17) is 5.73 Å². The molecule has 84 valence electrons. The number of hydrogen-bond donors (Lipinski definition) is 2.